The first kappa shape index (κ1) is 28.6. The maximum atomic E-state index is 5.11. The second-order valence-electron chi connectivity index (χ2n) is 12.8. The van der Waals surface area contributed by atoms with Crippen molar-refractivity contribution in [3.05, 3.63) is 58.1 Å². The molecule has 5 heteroatoms. The number of hydrogen-bond donors (Lipinski definition) is 0. The Morgan fingerprint density at radius 3 is 2.03 bits per heavy atom. The maximum Gasteiger partial charge on any atom is 0.132 e. The standard InChI is InChI=1S/C33H49N5/c1-19(2)25-13-14-26-28(17-25)34-33(37-30(26)20(3)4)23(9)11-12-24(10)38-16-15-27-29(18-38)35-32(22(7)8)36-31(27)21(5)6/h13-14,17,19-24H,11-12,15-16,18H2,1-10H3. The summed E-state index contributed by atoms with van der Waals surface area (Å²) in [5, 5.41) is 1.20. The zero-order chi connectivity index (χ0) is 27.7. The topological polar surface area (TPSA) is 54.8 Å². The van der Waals surface area contributed by atoms with E-state index < -0.39 is 0 Å². The van der Waals surface area contributed by atoms with E-state index in [1.165, 1.54) is 33.6 Å². The fourth-order valence-electron chi connectivity index (χ4n) is 5.62. The highest BCUT2D eigenvalue weighted by molar-refractivity contribution is 5.82. The van der Waals surface area contributed by atoms with Crippen LogP contribution >= 0.6 is 0 Å². The summed E-state index contributed by atoms with van der Waals surface area (Å²) in [5.74, 6) is 3.95. The van der Waals surface area contributed by atoms with Crippen LogP contribution in [-0.4, -0.2) is 37.4 Å². The molecule has 0 fully saturated rings. The molecule has 0 spiro atoms. The molecule has 2 aromatic heterocycles. The first-order valence-corrected chi connectivity index (χ1v) is 14.9. The maximum absolute atomic E-state index is 5.11. The molecule has 0 saturated heterocycles. The van der Waals surface area contributed by atoms with Crippen molar-refractivity contribution in [1.29, 1.82) is 0 Å². The third kappa shape index (κ3) is 6.09. The van der Waals surface area contributed by atoms with Gasteiger partial charge in [-0.3, -0.25) is 4.90 Å². The predicted molar refractivity (Wildman–Crippen MR) is 159 cm³/mol. The van der Waals surface area contributed by atoms with Crippen LogP contribution in [0.1, 0.15) is 152 Å². The van der Waals surface area contributed by atoms with E-state index in [9.17, 15) is 0 Å². The van der Waals surface area contributed by atoms with Gasteiger partial charge in [0.05, 0.1) is 22.6 Å². The van der Waals surface area contributed by atoms with Gasteiger partial charge in [-0.2, -0.15) is 0 Å². The normalized spacial score (nSPS) is 16.2. The lowest BCUT2D eigenvalue weighted by atomic mass is 9.94. The second-order valence-corrected chi connectivity index (χ2v) is 12.8. The van der Waals surface area contributed by atoms with Gasteiger partial charge in [-0.1, -0.05) is 74.4 Å². The van der Waals surface area contributed by atoms with Crippen molar-refractivity contribution in [2.75, 3.05) is 6.54 Å². The van der Waals surface area contributed by atoms with Crippen LogP contribution in [0, 0.1) is 0 Å². The minimum Gasteiger partial charge on any atom is -0.294 e. The zero-order valence-corrected chi connectivity index (χ0v) is 25.5. The van der Waals surface area contributed by atoms with Crippen molar-refractivity contribution < 1.29 is 0 Å². The average Bonchev–Trinajstić information content (AvgIpc) is 2.88. The number of nitrogens with zero attached hydrogens (tertiary/aromatic N) is 5. The minimum atomic E-state index is 0.321. The molecule has 0 radical (unpaired) electrons. The fraction of sp³-hybridized carbons (Fsp3) is 0.636. The summed E-state index contributed by atoms with van der Waals surface area (Å²) < 4.78 is 0. The van der Waals surface area contributed by atoms with Gasteiger partial charge in [0.2, 0.25) is 0 Å². The van der Waals surface area contributed by atoms with Crippen molar-refractivity contribution >= 4 is 10.9 Å². The van der Waals surface area contributed by atoms with Crippen LogP contribution in [0.3, 0.4) is 0 Å². The molecular formula is C33H49N5. The smallest absolute Gasteiger partial charge is 0.132 e. The van der Waals surface area contributed by atoms with Crippen molar-refractivity contribution in [3.8, 4) is 0 Å². The van der Waals surface area contributed by atoms with Crippen LogP contribution in [-0.2, 0) is 13.0 Å². The number of fused-ring (bicyclic) bond motifs is 2. The highest BCUT2D eigenvalue weighted by atomic mass is 15.2. The number of aromatic nitrogens is 4. The molecule has 206 valence electrons. The second kappa shape index (κ2) is 11.8. The molecule has 38 heavy (non-hydrogen) atoms. The summed E-state index contributed by atoms with van der Waals surface area (Å²) >= 11 is 0. The number of hydrogen-bond acceptors (Lipinski definition) is 5. The summed E-state index contributed by atoms with van der Waals surface area (Å²) in [4.78, 5) is 22.8. The predicted octanol–water partition coefficient (Wildman–Crippen LogP) is 8.24. The van der Waals surface area contributed by atoms with Gasteiger partial charge in [-0.05, 0) is 61.1 Å². The van der Waals surface area contributed by atoms with E-state index in [2.05, 4.69) is 92.3 Å². The van der Waals surface area contributed by atoms with Crippen LogP contribution < -0.4 is 0 Å². The largest absolute Gasteiger partial charge is 0.294 e. The summed E-state index contributed by atoms with van der Waals surface area (Å²) in [7, 11) is 0. The first-order chi connectivity index (χ1) is 18.0. The lowest BCUT2D eigenvalue weighted by Crippen LogP contribution is -2.39. The molecule has 0 N–H and O–H groups in total. The summed E-state index contributed by atoms with van der Waals surface area (Å²) in [6.07, 6.45) is 3.25. The Kier molecular flexibility index (Phi) is 8.86. The molecule has 1 aliphatic rings. The minimum absolute atomic E-state index is 0.321. The zero-order valence-electron chi connectivity index (χ0n) is 25.5. The van der Waals surface area contributed by atoms with Crippen molar-refractivity contribution in [1.82, 2.24) is 24.8 Å². The van der Waals surface area contributed by atoms with Crippen molar-refractivity contribution in [3.63, 3.8) is 0 Å². The molecular weight excluding hydrogens is 466 g/mol. The van der Waals surface area contributed by atoms with Gasteiger partial charge in [-0.15, -0.1) is 0 Å². The van der Waals surface area contributed by atoms with Crippen LogP contribution in [0.25, 0.3) is 10.9 Å². The molecule has 5 nitrogen and oxygen atoms in total. The van der Waals surface area contributed by atoms with Gasteiger partial charge < -0.3 is 0 Å². The Balaban J connectivity index is 1.50. The van der Waals surface area contributed by atoms with Gasteiger partial charge in [0.25, 0.3) is 0 Å². The van der Waals surface area contributed by atoms with Crippen molar-refractivity contribution in [2.45, 2.75) is 131 Å². The molecule has 2 unspecified atom stereocenters. The Labute approximate surface area is 230 Å². The third-order valence-corrected chi connectivity index (χ3v) is 8.27. The highest BCUT2D eigenvalue weighted by Gasteiger charge is 2.27. The van der Waals surface area contributed by atoms with E-state index in [1.54, 1.807) is 0 Å². The van der Waals surface area contributed by atoms with E-state index in [-0.39, 0.29) is 0 Å². The van der Waals surface area contributed by atoms with Gasteiger partial charge in [0.1, 0.15) is 11.6 Å². The lowest BCUT2D eigenvalue weighted by molar-refractivity contribution is 0.174. The SMILES string of the molecule is CC(C)c1ccc2c(C(C)C)nc(C(C)CCC(C)N3CCc4c(nc(C(C)C)nc4C(C)C)C3)nc2c1. The van der Waals surface area contributed by atoms with Crippen LogP contribution in [0.4, 0.5) is 0 Å². The van der Waals surface area contributed by atoms with Gasteiger partial charge >= 0.3 is 0 Å². The van der Waals surface area contributed by atoms with Gasteiger partial charge in [-0.25, -0.2) is 19.9 Å². The highest BCUT2D eigenvalue weighted by Crippen LogP contribution is 2.31. The van der Waals surface area contributed by atoms with Crippen LogP contribution in [0.5, 0.6) is 0 Å². The molecule has 4 rings (SSSR count). The Bertz CT molecular complexity index is 1260. The Hall–Kier alpha value is -2.40. The first-order valence-electron chi connectivity index (χ1n) is 14.9. The van der Waals surface area contributed by atoms with E-state index in [1.807, 2.05) is 0 Å². The summed E-state index contributed by atoms with van der Waals surface area (Å²) in [6, 6.07) is 7.23. The Morgan fingerprint density at radius 2 is 1.39 bits per heavy atom. The molecule has 0 amide bonds. The Morgan fingerprint density at radius 1 is 0.711 bits per heavy atom. The van der Waals surface area contributed by atoms with Gasteiger partial charge in [0, 0.05) is 36.4 Å². The molecule has 0 aliphatic carbocycles. The number of rotatable bonds is 9. The average molecular weight is 516 g/mol. The molecule has 0 saturated carbocycles. The fourth-order valence-corrected chi connectivity index (χ4v) is 5.62. The monoisotopic (exact) mass is 515 g/mol. The quantitative estimate of drug-likeness (QED) is 0.287. The molecule has 3 aromatic rings. The molecule has 0 bridgehead atoms. The third-order valence-electron chi connectivity index (χ3n) is 8.27. The van der Waals surface area contributed by atoms with Crippen LogP contribution in [0.2, 0.25) is 0 Å². The van der Waals surface area contributed by atoms with E-state index >= 15 is 0 Å². The summed E-state index contributed by atoms with van der Waals surface area (Å²) in [5.41, 5.74) is 7.52. The molecule has 3 heterocycles. The lowest BCUT2D eigenvalue weighted by Gasteiger charge is -2.35. The van der Waals surface area contributed by atoms with E-state index in [0.29, 0.717) is 35.6 Å². The van der Waals surface area contributed by atoms with E-state index in [0.717, 1.165) is 49.5 Å². The van der Waals surface area contributed by atoms with Crippen molar-refractivity contribution in [2.24, 2.45) is 0 Å². The van der Waals surface area contributed by atoms with E-state index in [4.69, 9.17) is 19.9 Å². The molecule has 2 atom stereocenters. The van der Waals surface area contributed by atoms with Gasteiger partial charge in [0.15, 0.2) is 0 Å². The molecule has 1 aliphatic heterocycles. The summed E-state index contributed by atoms with van der Waals surface area (Å²) in [6.45, 7) is 24.5. The number of benzene rings is 1. The van der Waals surface area contributed by atoms with Crippen LogP contribution in [0.15, 0.2) is 18.2 Å². The molecule has 1 aromatic carbocycles.